The van der Waals surface area contributed by atoms with Crippen molar-refractivity contribution in [2.24, 2.45) is 5.92 Å². The highest BCUT2D eigenvalue weighted by Crippen LogP contribution is 2.02. The van der Waals surface area contributed by atoms with Crippen molar-refractivity contribution in [1.29, 1.82) is 0 Å². The SMILES string of the molecule is CSCC(C)CNC(=O)CC(=O)O. The van der Waals surface area contributed by atoms with Gasteiger partial charge in [-0.15, -0.1) is 0 Å². The maximum Gasteiger partial charge on any atom is 0.312 e. The number of hydrogen-bond acceptors (Lipinski definition) is 3. The molecule has 0 bridgehead atoms. The van der Waals surface area contributed by atoms with Crippen LogP contribution < -0.4 is 5.32 Å². The summed E-state index contributed by atoms with van der Waals surface area (Å²) in [6.07, 6.45) is 1.56. The molecule has 0 aromatic heterocycles. The molecule has 0 rings (SSSR count). The molecule has 1 unspecified atom stereocenters. The number of rotatable bonds is 6. The van der Waals surface area contributed by atoms with Crippen molar-refractivity contribution in [3.63, 3.8) is 0 Å². The number of amides is 1. The second-order valence-electron chi connectivity index (χ2n) is 2.94. The third-order valence-corrected chi connectivity index (χ3v) is 2.31. The molecule has 1 amide bonds. The second-order valence-corrected chi connectivity index (χ2v) is 3.85. The van der Waals surface area contributed by atoms with E-state index >= 15 is 0 Å². The van der Waals surface area contributed by atoms with E-state index in [1.165, 1.54) is 0 Å². The molecule has 0 radical (unpaired) electrons. The monoisotopic (exact) mass is 205 g/mol. The molecule has 13 heavy (non-hydrogen) atoms. The zero-order chi connectivity index (χ0) is 10.3. The summed E-state index contributed by atoms with van der Waals surface area (Å²) in [7, 11) is 0. The predicted molar refractivity (Wildman–Crippen MR) is 52.8 cm³/mol. The molecule has 0 heterocycles. The summed E-state index contributed by atoms with van der Waals surface area (Å²) >= 11 is 1.71. The first kappa shape index (κ1) is 12.3. The molecule has 0 saturated heterocycles. The molecule has 2 N–H and O–H groups in total. The Kier molecular flexibility index (Phi) is 6.40. The van der Waals surface area contributed by atoms with Gasteiger partial charge in [0.2, 0.25) is 5.91 Å². The molecule has 0 aliphatic carbocycles. The van der Waals surface area contributed by atoms with Crippen LogP contribution in [0.25, 0.3) is 0 Å². The summed E-state index contributed by atoms with van der Waals surface area (Å²) in [5, 5.41) is 10.9. The van der Waals surface area contributed by atoms with Gasteiger partial charge in [0.05, 0.1) is 0 Å². The Balaban J connectivity index is 3.51. The van der Waals surface area contributed by atoms with E-state index in [0.29, 0.717) is 12.5 Å². The number of nitrogens with one attached hydrogen (secondary N) is 1. The van der Waals surface area contributed by atoms with E-state index in [0.717, 1.165) is 5.75 Å². The fraction of sp³-hybridized carbons (Fsp3) is 0.750. The lowest BCUT2D eigenvalue weighted by Gasteiger charge is -2.09. The molecule has 0 fully saturated rings. The Morgan fingerprint density at radius 3 is 2.62 bits per heavy atom. The Labute approximate surface area is 82.1 Å². The maximum atomic E-state index is 10.9. The van der Waals surface area contributed by atoms with Crippen molar-refractivity contribution in [3.8, 4) is 0 Å². The second kappa shape index (κ2) is 6.77. The molecular formula is C8H15NO3S. The van der Waals surface area contributed by atoms with Crippen molar-refractivity contribution in [2.75, 3.05) is 18.6 Å². The molecule has 4 nitrogen and oxygen atoms in total. The first-order valence-electron chi connectivity index (χ1n) is 4.03. The van der Waals surface area contributed by atoms with Crippen molar-refractivity contribution in [1.82, 2.24) is 5.32 Å². The first-order valence-corrected chi connectivity index (χ1v) is 5.43. The predicted octanol–water partition coefficient (Wildman–Crippen LogP) is 0.576. The molecule has 1 atom stereocenters. The van der Waals surface area contributed by atoms with Gasteiger partial charge in [0, 0.05) is 6.54 Å². The molecule has 0 saturated carbocycles. The van der Waals surface area contributed by atoms with E-state index in [1.54, 1.807) is 11.8 Å². The van der Waals surface area contributed by atoms with E-state index in [1.807, 2.05) is 13.2 Å². The van der Waals surface area contributed by atoms with Gasteiger partial charge in [0.15, 0.2) is 0 Å². The lowest BCUT2D eigenvalue weighted by atomic mass is 10.2. The van der Waals surface area contributed by atoms with Crippen LogP contribution >= 0.6 is 11.8 Å². The summed E-state index contributed by atoms with van der Waals surface area (Å²) in [5.74, 6) is -0.156. The normalized spacial score (nSPS) is 12.2. The summed E-state index contributed by atoms with van der Waals surface area (Å²) < 4.78 is 0. The average Bonchev–Trinajstić information content (AvgIpc) is 2.00. The summed E-state index contributed by atoms with van der Waals surface area (Å²) in [5.41, 5.74) is 0. The molecule has 0 spiro atoms. The average molecular weight is 205 g/mol. The third-order valence-electron chi connectivity index (χ3n) is 1.41. The van der Waals surface area contributed by atoms with Gasteiger partial charge in [-0.1, -0.05) is 6.92 Å². The van der Waals surface area contributed by atoms with Crippen LogP contribution in [0.2, 0.25) is 0 Å². The van der Waals surface area contributed by atoms with Gasteiger partial charge in [-0.05, 0) is 17.9 Å². The molecule has 0 aliphatic rings. The van der Waals surface area contributed by atoms with E-state index in [4.69, 9.17) is 5.11 Å². The van der Waals surface area contributed by atoms with E-state index < -0.39 is 18.3 Å². The van der Waals surface area contributed by atoms with Gasteiger partial charge in [-0.2, -0.15) is 11.8 Å². The highest BCUT2D eigenvalue weighted by Gasteiger charge is 2.08. The lowest BCUT2D eigenvalue weighted by molar-refractivity contribution is -0.140. The summed E-state index contributed by atoms with van der Waals surface area (Å²) in [6, 6.07) is 0. The Hall–Kier alpha value is -0.710. The molecule has 0 aromatic carbocycles. The van der Waals surface area contributed by atoms with Crippen molar-refractivity contribution in [3.05, 3.63) is 0 Å². The van der Waals surface area contributed by atoms with Crippen LogP contribution in [-0.4, -0.2) is 35.5 Å². The largest absolute Gasteiger partial charge is 0.481 e. The van der Waals surface area contributed by atoms with Crippen molar-refractivity contribution >= 4 is 23.6 Å². The van der Waals surface area contributed by atoms with Crippen molar-refractivity contribution < 1.29 is 14.7 Å². The number of aliphatic carboxylic acids is 1. The molecule has 76 valence electrons. The minimum atomic E-state index is -1.09. The van der Waals surface area contributed by atoms with Gasteiger partial charge in [0.1, 0.15) is 6.42 Å². The van der Waals surface area contributed by atoms with Crippen LogP contribution in [0.1, 0.15) is 13.3 Å². The van der Waals surface area contributed by atoms with Gasteiger partial charge >= 0.3 is 5.97 Å². The molecular weight excluding hydrogens is 190 g/mol. The lowest BCUT2D eigenvalue weighted by Crippen LogP contribution is -2.30. The van der Waals surface area contributed by atoms with E-state index in [9.17, 15) is 9.59 Å². The molecule has 0 aliphatic heterocycles. The number of hydrogen-bond donors (Lipinski definition) is 2. The number of carboxylic acids is 1. The van der Waals surface area contributed by atoms with Crippen LogP contribution in [-0.2, 0) is 9.59 Å². The Morgan fingerprint density at radius 1 is 1.54 bits per heavy atom. The van der Waals surface area contributed by atoms with Crippen LogP contribution in [0.5, 0.6) is 0 Å². The number of thioether (sulfide) groups is 1. The van der Waals surface area contributed by atoms with Crippen LogP contribution in [0.4, 0.5) is 0 Å². The minimum Gasteiger partial charge on any atom is -0.481 e. The smallest absolute Gasteiger partial charge is 0.312 e. The van der Waals surface area contributed by atoms with Crippen LogP contribution in [0, 0.1) is 5.92 Å². The maximum absolute atomic E-state index is 10.9. The van der Waals surface area contributed by atoms with Gasteiger partial charge in [-0.3, -0.25) is 9.59 Å². The summed E-state index contributed by atoms with van der Waals surface area (Å²) in [6.45, 7) is 2.56. The highest BCUT2D eigenvalue weighted by molar-refractivity contribution is 7.98. The quantitative estimate of drug-likeness (QED) is 0.622. The van der Waals surface area contributed by atoms with Gasteiger partial charge < -0.3 is 10.4 Å². The summed E-state index contributed by atoms with van der Waals surface area (Å²) in [4.78, 5) is 21.0. The topological polar surface area (TPSA) is 66.4 Å². The fourth-order valence-electron chi connectivity index (χ4n) is 0.831. The van der Waals surface area contributed by atoms with Gasteiger partial charge in [0.25, 0.3) is 0 Å². The fourth-order valence-corrected chi connectivity index (χ4v) is 1.52. The molecule has 0 aromatic rings. The number of carboxylic acid groups (broad SMARTS) is 1. The number of carbonyl (C=O) groups excluding carboxylic acids is 1. The van der Waals surface area contributed by atoms with Crippen LogP contribution in [0.15, 0.2) is 0 Å². The van der Waals surface area contributed by atoms with E-state index in [2.05, 4.69) is 5.32 Å². The minimum absolute atomic E-state index is 0.382. The number of carbonyl (C=O) groups is 2. The highest BCUT2D eigenvalue weighted by atomic mass is 32.2. The zero-order valence-corrected chi connectivity index (χ0v) is 8.69. The first-order chi connectivity index (χ1) is 6.06. The zero-order valence-electron chi connectivity index (χ0n) is 7.87. The van der Waals surface area contributed by atoms with Gasteiger partial charge in [-0.25, -0.2) is 0 Å². The van der Waals surface area contributed by atoms with Crippen LogP contribution in [0.3, 0.4) is 0 Å². The molecule has 5 heteroatoms. The van der Waals surface area contributed by atoms with Crippen molar-refractivity contribution in [2.45, 2.75) is 13.3 Å². The Morgan fingerprint density at radius 2 is 2.15 bits per heavy atom. The van der Waals surface area contributed by atoms with E-state index in [-0.39, 0.29) is 0 Å². The Bertz CT molecular complexity index is 184. The third kappa shape index (κ3) is 7.64. The standard InChI is InChI=1S/C8H15NO3S/c1-6(5-13-2)4-9-7(10)3-8(11)12/h6H,3-5H2,1-2H3,(H,9,10)(H,11,12).